The van der Waals surface area contributed by atoms with Gasteiger partial charge >= 0.3 is 0 Å². The highest BCUT2D eigenvalue weighted by Crippen LogP contribution is 2.18. The highest BCUT2D eigenvalue weighted by Gasteiger charge is 2.23. The third-order valence-corrected chi connectivity index (χ3v) is 3.08. The molecule has 0 unspecified atom stereocenters. The minimum Gasteiger partial charge on any atom is -0.395 e. The van der Waals surface area contributed by atoms with Crippen molar-refractivity contribution in [1.82, 2.24) is 14.7 Å². The maximum atomic E-state index is 12.5. The van der Waals surface area contributed by atoms with Crippen LogP contribution in [0.5, 0.6) is 0 Å². The zero-order valence-electron chi connectivity index (χ0n) is 12.3. The molecule has 1 amide bonds. The van der Waals surface area contributed by atoms with E-state index in [0.29, 0.717) is 37.7 Å². The molecule has 1 aromatic heterocycles. The molecule has 0 radical (unpaired) electrons. The van der Waals surface area contributed by atoms with Crippen molar-refractivity contribution in [1.29, 1.82) is 0 Å². The second-order valence-corrected chi connectivity index (χ2v) is 4.27. The maximum absolute atomic E-state index is 12.5. The van der Waals surface area contributed by atoms with E-state index in [-0.39, 0.29) is 5.91 Å². The first-order chi connectivity index (χ1) is 9.06. The lowest BCUT2D eigenvalue weighted by atomic mass is 10.2. The van der Waals surface area contributed by atoms with Crippen molar-refractivity contribution in [3.63, 3.8) is 0 Å². The minimum atomic E-state index is -0.0885. The van der Waals surface area contributed by atoms with Gasteiger partial charge in [-0.05, 0) is 20.3 Å². The fourth-order valence-electron chi connectivity index (χ4n) is 1.98. The zero-order valence-corrected chi connectivity index (χ0v) is 12.3. The molecule has 0 aliphatic rings. The lowest BCUT2D eigenvalue weighted by Crippen LogP contribution is -2.35. The molecular formula is C13H24N4O2. The van der Waals surface area contributed by atoms with Crippen LogP contribution in [0.1, 0.15) is 37.0 Å². The van der Waals surface area contributed by atoms with Crippen LogP contribution in [0, 0.1) is 0 Å². The number of likely N-dealkylation sites (N-methyl/N-ethyl adjacent to an activating group) is 1. The van der Waals surface area contributed by atoms with Crippen LogP contribution in [-0.4, -0.2) is 46.9 Å². The molecule has 6 nitrogen and oxygen atoms in total. The molecule has 1 heterocycles. The number of nitrogens with two attached hydrogens (primary N) is 1. The van der Waals surface area contributed by atoms with Crippen molar-refractivity contribution < 1.29 is 9.53 Å². The highest BCUT2D eigenvalue weighted by atomic mass is 16.5. The molecule has 1 aromatic rings. The number of anilines is 1. The lowest BCUT2D eigenvalue weighted by Gasteiger charge is -2.21. The van der Waals surface area contributed by atoms with Gasteiger partial charge in [0.05, 0.1) is 18.0 Å². The Bertz CT molecular complexity index is 429. The van der Waals surface area contributed by atoms with Crippen molar-refractivity contribution >= 4 is 11.6 Å². The van der Waals surface area contributed by atoms with Crippen molar-refractivity contribution in [2.24, 2.45) is 7.05 Å². The molecule has 19 heavy (non-hydrogen) atoms. The Morgan fingerprint density at radius 3 is 2.58 bits per heavy atom. The second-order valence-electron chi connectivity index (χ2n) is 4.27. The van der Waals surface area contributed by atoms with Crippen molar-refractivity contribution in [3.05, 3.63) is 11.4 Å². The van der Waals surface area contributed by atoms with E-state index >= 15 is 0 Å². The number of carbonyl (C=O) groups is 1. The van der Waals surface area contributed by atoms with Crippen LogP contribution in [-0.2, 0) is 18.2 Å². The van der Waals surface area contributed by atoms with Gasteiger partial charge in [0.15, 0.2) is 0 Å². The lowest BCUT2D eigenvalue weighted by molar-refractivity contribution is 0.0660. The largest absolute Gasteiger partial charge is 0.395 e. The average Bonchev–Trinajstić information content (AvgIpc) is 2.69. The van der Waals surface area contributed by atoms with E-state index in [2.05, 4.69) is 5.10 Å². The molecule has 0 bridgehead atoms. The number of hydrogen-bond donors (Lipinski definition) is 1. The summed E-state index contributed by atoms with van der Waals surface area (Å²) in [6.07, 6.45) is 0.720. The Balaban J connectivity index is 2.88. The van der Waals surface area contributed by atoms with Crippen molar-refractivity contribution in [2.45, 2.75) is 27.2 Å². The summed E-state index contributed by atoms with van der Waals surface area (Å²) in [4.78, 5) is 14.2. The SMILES string of the molecule is CCOCCN(CC)C(=O)c1c(N)c(CC)nn1C. The van der Waals surface area contributed by atoms with Gasteiger partial charge in [-0.3, -0.25) is 9.48 Å². The van der Waals surface area contributed by atoms with Gasteiger partial charge in [0.25, 0.3) is 5.91 Å². The summed E-state index contributed by atoms with van der Waals surface area (Å²) >= 11 is 0. The Morgan fingerprint density at radius 1 is 1.42 bits per heavy atom. The van der Waals surface area contributed by atoms with Crippen molar-refractivity contribution in [2.75, 3.05) is 32.0 Å². The maximum Gasteiger partial charge on any atom is 0.274 e. The molecule has 0 aliphatic carbocycles. The second kappa shape index (κ2) is 7.13. The van der Waals surface area contributed by atoms with E-state index < -0.39 is 0 Å². The van der Waals surface area contributed by atoms with Gasteiger partial charge in [-0.15, -0.1) is 0 Å². The highest BCUT2D eigenvalue weighted by molar-refractivity contribution is 5.98. The monoisotopic (exact) mass is 268 g/mol. The van der Waals surface area contributed by atoms with Gasteiger partial charge in [-0.2, -0.15) is 5.10 Å². The topological polar surface area (TPSA) is 73.4 Å². The van der Waals surface area contributed by atoms with E-state index in [0.717, 1.165) is 12.1 Å². The van der Waals surface area contributed by atoms with E-state index in [9.17, 15) is 4.79 Å². The molecule has 2 N–H and O–H groups in total. The third kappa shape index (κ3) is 3.47. The third-order valence-electron chi connectivity index (χ3n) is 3.08. The number of amides is 1. The molecule has 0 fully saturated rings. The van der Waals surface area contributed by atoms with Gasteiger partial charge in [0.2, 0.25) is 0 Å². The van der Waals surface area contributed by atoms with Crippen LogP contribution in [0.15, 0.2) is 0 Å². The number of aryl methyl sites for hydroxylation is 2. The Labute approximate surface area is 114 Å². The molecule has 0 aromatic carbocycles. The van der Waals surface area contributed by atoms with Gasteiger partial charge < -0.3 is 15.4 Å². The quantitative estimate of drug-likeness (QED) is 0.751. The van der Waals surface area contributed by atoms with Gasteiger partial charge in [-0.25, -0.2) is 0 Å². The molecule has 0 saturated carbocycles. The van der Waals surface area contributed by atoms with Crippen LogP contribution in [0.25, 0.3) is 0 Å². The fourth-order valence-corrected chi connectivity index (χ4v) is 1.98. The van der Waals surface area contributed by atoms with Crippen LogP contribution in [0.4, 0.5) is 5.69 Å². The van der Waals surface area contributed by atoms with Gasteiger partial charge in [0, 0.05) is 26.7 Å². The number of rotatable bonds is 7. The number of hydrogen-bond acceptors (Lipinski definition) is 4. The summed E-state index contributed by atoms with van der Waals surface area (Å²) in [5.41, 5.74) is 7.73. The van der Waals surface area contributed by atoms with Crippen LogP contribution >= 0.6 is 0 Å². The number of ether oxygens (including phenoxy) is 1. The molecule has 0 atom stereocenters. The summed E-state index contributed by atoms with van der Waals surface area (Å²) in [5, 5.41) is 4.28. The average molecular weight is 268 g/mol. The molecule has 6 heteroatoms. The summed E-state index contributed by atoms with van der Waals surface area (Å²) in [6, 6.07) is 0. The summed E-state index contributed by atoms with van der Waals surface area (Å²) < 4.78 is 6.86. The van der Waals surface area contributed by atoms with Crippen LogP contribution in [0.2, 0.25) is 0 Å². The van der Waals surface area contributed by atoms with E-state index in [1.54, 1.807) is 16.6 Å². The zero-order chi connectivity index (χ0) is 14.4. The molecule has 1 rings (SSSR count). The van der Waals surface area contributed by atoms with Crippen LogP contribution < -0.4 is 5.73 Å². The predicted molar refractivity (Wildman–Crippen MR) is 75.1 cm³/mol. The molecular weight excluding hydrogens is 244 g/mol. The molecule has 0 saturated heterocycles. The normalized spacial score (nSPS) is 10.7. The first-order valence-corrected chi connectivity index (χ1v) is 6.75. The summed E-state index contributed by atoms with van der Waals surface area (Å²) in [6.45, 7) is 8.22. The molecule has 0 spiro atoms. The number of carbonyl (C=O) groups excluding carboxylic acids is 1. The summed E-state index contributed by atoms with van der Waals surface area (Å²) in [5.74, 6) is -0.0885. The predicted octanol–water partition coefficient (Wildman–Crippen LogP) is 1.06. The van der Waals surface area contributed by atoms with Crippen molar-refractivity contribution in [3.8, 4) is 0 Å². The standard InChI is InChI=1S/C13H24N4O2/c1-5-10-11(14)12(16(4)15-10)13(18)17(6-2)8-9-19-7-3/h5-9,14H2,1-4H3. The Kier molecular flexibility index (Phi) is 5.82. The van der Waals surface area contributed by atoms with Crippen LogP contribution in [0.3, 0.4) is 0 Å². The number of aromatic nitrogens is 2. The first kappa shape index (κ1) is 15.5. The molecule has 108 valence electrons. The van der Waals surface area contributed by atoms with E-state index in [4.69, 9.17) is 10.5 Å². The number of nitrogens with zero attached hydrogens (tertiary/aromatic N) is 3. The first-order valence-electron chi connectivity index (χ1n) is 6.75. The smallest absolute Gasteiger partial charge is 0.274 e. The van der Waals surface area contributed by atoms with Gasteiger partial charge in [0.1, 0.15) is 5.69 Å². The Hall–Kier alpha value is -1.56. The number of nitrogen functional groups attached to an aromatic ring is 1. The van der Waals surface area contributed by atoms with E-state index in [1.165, 1.54) is 0 Å². The Morgan fingerprint density at radius 2 is 2.11 bits per heavy atom. The summed E-state index contributed by atoms with van der Waals surface area (Å²) in [7, 11) is 1.75. The fraction of sp³-hybridized carbons (Fsp3) is 0.692. The minimum absolute atomic E-state index is 0.0885. The van der Waals surface area contributed by atoms with Gasteiger partial charge in [-0.1, -0.05) is 6.92 Å². The van der Waals surface area contributed by atoms with E-state index in [1.807, 2.05) is 20.8 Å². The molecule has 0 aliphatic heterocycles.